The normalized spacial score (nSPS) is 16.8. The summed E-state index contributed by atoms with van der Waals surface area (Å²) in [6, 6.07) is 16.1. The SMILES string of the molecule is Cc1cccc(C2CCCN2C(=O)c2cc(-c3ccccc3F)no2)c1. The molecule has 26 heavy (non-hydrogen) atoms. The Bertz CT molecular complexity index is 950. The summed E-state index contributed by atoms with van der Waals surface area (Å²) in [6.07, 6.45) is 1.86. The summed E-state index contributed by atoms with van der Waals surface area (Å²) in [4.78, 5) is 14.8. The van der Waals surface area contributed by atoms with Crippen LogP contribution in [0.15, 0.2) is 59.1 Å². The van der Waals surface area contributed by atoms with Crippen molar-refractivity contribution in [1.82, 2.24) is 10.1 Å². The summed E-state index contributed by atoms with van der Waals surface area (Å²) in [6.45, 7) is 2.72. The largest absolute Gasteiger partial charge is 0.350 e. The highest BCUT2D eigenvalue weighted by Gasteiger charge is 2.32. The molecule has 0 bridgehead atoms. The summed E-state index contributed by atoms with van der Waals surface area (Å²) < 4.78 is 19.2. The van der Waals surface area contributed by atoms with E-state index in [0.717, 1.165) is 18.4 Å². The van der Waals surface area contributed by atoms with Crippen LogP contribution in [0.2, 0.25) is 0 Å². The lowest BCUT2D eigenvalue weighted by Crippen LogP contribution is -2.30. The Balaban J connectivity index is 1.60. The molecule has 1 aliphatic heterocycles. The fourth-order valence-corrected chi connectivity index (χ4v) is 3.55. The molecule has 1 aliphatic rings. The van der Waals surface area contributed by atoms with Gasteiger partial charge in [0.25, 0.3) is 5.91 Å². The van der Waals surface area contributed by atoms with Crippen LogP contribution in [0, 0.1) is 12.7 Å². The number of carbonyl (C=O) groups excluding carboxylic acids is 1. The molecule has 3 aromatic rings. The maximum Gasteiger partial charge on any atom is 0.292 e. The van der Waals surface area contributed by atoms with Crippen LogP contribution in [0.25, 0.3) is 11.3 Å². The van der Waals surface area contributed by atoms with Gasteiger partial charge in [-0.1, -0.05) is 47.1 Å². The van der Waals surface area contributed by atoms with E-state index in [4.69, 9.17) is 4.52 Å². The Labute approximate surface area is 151 Å². The zero-order chi connectivity index (χ0) is 18.1. The van der Waals surface area contributed by atoms with Crippen LogP contribution in [0.3, 0.4) is 0 Å². The third-order valence-electron chi connectivity index (χ3n) is 4.81. The van der Waals surface area contributed by atoms with Crippen molar-refractivity contribution >= 4 is 5.91 Å². The van der Waals surface area contributed by atoms with E-state index in [2.05, 4.69) is 17.3 Å². The molecule has 2 aromatic carbocycles. The number of carbonyl (C=O) groups is 1. The minimum atomic E-state index is -0.390. The minimum absolute atomic E-state index is 0.0319. The van der Waals surface area contributed by atoms with Gasteiger partial charge in [-0.2, -0.15) is 0 Å². The minimum Gasteiger partial charge on any atom is -0.350 e. The second-order valence-electron chi connectivity index (χ2n) is 6.63. The van der Waals surface area contributed by atoms with E-state index in [0.29, 0.717) is 17.8 Å². The van der Waals surface area contributed by atoms with Gasteiger partial charge in [-0.05, 0) is 37.5 Å². The average molecular weight is 350 g/mol. The van der Waals surface area contributed by atoms with Crippen LogP contribution < -0.4 is 0 Å². The van der Waals surface area contributed by atoms with Gasteiger partial charge in [0.2, 0.25) is 5.76 Å². The lowest BCUT2D eigenvalue weighted by molar-refractivity contribution is 0.0693. The predicted octanol–water partition coefficient (Wildman–Crippen LogP) is 4.77. The van der Waals surface area contributed by atoms with Crippen molar-refractivity contribution in [2.45, 2.75) is 25.8 Å². The molecule has 1 amide bonds. The molecule has 2 heterocycles. The van der Waals surface area contributed by atoms with Gasteiger partial charge >= 0.3 is 0 Å². The first kappa shape index (κ1) is 16.5. The van der Waals surface area contributed by atoms with Gasteiger partial charge < -0.3 is 9.42 Å². The van der Waals surface area contributed by atoms with E-state index in [1.807, 2.05) is 24.0 Å². The van der Waals surface area contributed by atoms with Gasteiger partial charge in [-0.15, -0.1) is 0 Å². The van der Waals surface area contributed by atoms with E-state index in [-0.39, 0.29) is 17.7 Å². The van der Waals surface area contributed by atoms with Crippen molar-refractivity contribution in [2.75, 3.05) is 6.54 Å². The van der Waals surface area contributed by atoms with Crippen molar-refractivity contribution in [3.8, 4) is 11.3 Å². The fraction of sp³-hybridized carbons (Fsp3) is 0.238. The molecule has 1 fully saturated rings. The summed E-state index contributed by atoms with van der Waals surface area (Å²) >= 11 is 0. The van der Waals surface area contributed by atoms with Gasteiger partial charge in [0.1, 0.15) is 11.5 Å². The van der Waals surface area contributed by atoms with E-state index in [1.165, 1.54) is 17.7 Å². The molecule has 132 valence electrons. The Hall–Kier alpha value is -2.95. The topological polar surface area (TPSA) is 46.3 Å². The Morgan fingerprint density at radius 3 is 2.85 bits per heavy atom. The first-order valence-corrected chi connectivity index (χ1v) is 8.72. The molecule has 0 spiro atoms. The van der Waals surface area contributed by atoms with Crippen LogP contribution in [0.5, 0.6) is 0 Å². The number of aryl methyl sites for hydroxylation is 1. The van der Waals surface area contributed by atoms with Crippen LogP contribution in [-0.2, 0) is 0 Å². The molecule has 0 N–H and O–H groups in total. The molecule has 1 unspecified atom stereocenters. The number of nitrogens with zero attached hydrogens (tertiary/aromatic N) is 2. The molecule has 0 aliphatic carbocycles. The highest BCUT2D eigenvalue weighted by Crippen LogP contribution is 2.34. The van der Waals surface area contributed by atoms with E-state index in [1.54, 1.807) is 18.2 Å². The summed E-state index contributed by atoms with van der Waals surface area (Å²) in [5.41, 5.74) is 2.96. The Kier molecular flexibility index (Phi) is 4.29. The monoisotopic (exact) mass is 350 g/mol. The smallest absolute Gasteiger partial charge is 0.292 e. The van der Waals surface area contributed by atoms with E-state index >= 15 is 0 Å². The molecule has 0 radical (unpaired) electrons. The number of hydrogen-bond donors (Lipinski definition) is 0. The van der Waals surface area contributed by atoms with E-state index in [9.17, 15) is 9.18 Å². The molecule has 0 saturated carbocycles. The standard InChI is InChI=1S/C21H19FN2O2/c1-14-6-4-7-15(12-14)19-10-5-11-24(19)21(25)20-13-18(23-26-20)16-8-2-3-9-17(16)22/h2-4,6-9,12-13,19H,5,10-11H2,1H3. The zero-order valence-electron chi connectivity index (χ0n) is 14.5. The first-order chi connectivity index (χ1) is 12.6. The Morgan fingerprint density at radius 2 is 2.04 bits per heavy atom. The number of amides is 1. The number of benzene rings is 2. The lowest BCUT2D eigenvalue weighted by Gasteiger charge is -2.24. The molecule has 1 aromatic heterocycles. The summed E-state index contributed by atoms with van der Waals surface area (Å²) in [5, 5.41) is 3.89. The second-order valence-corrected chi connectivity index (χ2v) is 6.63. The van der Waals surface area contributed by atoms with Crippen LogP contribution in [0.4, 0.5) is 4.39 Å². The van der Waals surface area contributed by atoms with Crippen molar-refractivity contribution in [3.05, 3.63) is 77.3 Å². The van der Waals surface area contributed by atoms with Gasteiger partial charge in [0.15, 0.2) is 0 Å². The highest BCUT2D eigenvalue weighted by molar-refractivity contribution is 5.93. The number of halogens is 1. The number of aromatic nitrogens is 1. The molecular formula is C21H19FN2O2. The van der Waals surface area contributed by atoms with Crippen LogP contribution >= 0.6 is 0 Å². The van der Waals surface area contributed by atoms with Gasteiger partial charge in [-0.3, -0.25) is 4.79 Å². The van der Waals surface area contributed by atoms with Crippen molar-refractivity contribution < 1.29 is 13.7 Å². The second kappa shape index (κ2) is 6.75. The van der Waals surface area contributed by atoms with Crippen LogP contribution in [-0.4, -0.2) is 22.5 Å². The Morgan fingerprint density at radius 1 is 1.19 bits per heavy atom. The lowest BCUT2D eigenvalue weighted by atomic mass is 10.0. The summed E-state index contributed by atoms with van der Waals surface area (Å²) in [5.74, 6) is -0.453. The maximum absolute atomic E-state index is 13.9. The van der Waals surface area contributed by atoms with Gasteiger partial charge in [0, 0.05) is 18.2 Å². The fourth-order valence-electron chi connectivity index (χ4n) is 3.55. The third kappa shape index (κ3) is 3.01. The van der Waals surface area contributed by atoms with Crippen molar-refractivity contribution in [1.29, 1.82) is 0 Å². The predicted molar refractivity (Wildman–Crippen MR) is 96.1 cm³/mol. The van der Waals surface area contributed by atoms with Gasteiger partial charge in [-0.25, -0.2) is 4.39 Å². The first-order valence-electron chi connectivity index (χ1n) is 8.72. The highest BCUT2D eigenvalue weighted by atomic mass is 19.1. The maximum atomic E-state index is 13.9. The molecular weight excluding hydrogens is 331 g/mol. The molecule has 4 nitrogen and oxygen atoms in total. The third-order valence-corrected chi connectivity index (χ3v) is 4.81. The number of likely N-dealkylation sites (tertiary alicyclic amines) is 1. The molecule has 1 saturated heterocycles. The van der Waals surface area contributed by atoms with Crippen LogP contribution in [0.1, 0.15) is 40.6 Å². The van der Waals surface area contributed by atoms with E-state index < -0.39 is 5.82 Å². The quantitative estimate of drug-likeness (QED) is 0.684. The molecule has 4 rings (SSSR count). The van der Waals surface area contributed by atoms with Crippen molar-refractivity contribution in [2.24, 2.45) is 0 Å². The molecule has 5 heteroatoms. The van der Waals surface area contributed by atoms with Gasteiger partial charge in [0.05, 0.1) is 6.04 Å². The zero-order valence-corrected chi connectivity index (χ0v) is 14.5. The van der Waals surface area contributed by atoms with Crippen molar-refractivity contribution in [3.63, 3.8) is 0 Å². The summed E-state index contributed by atoms with van der Waals surface area (Å²) in [7, 11) is 0. The average Bonchev–Trinajstić information content (AvgIpc) is 3.31. The number of rotatable bonds is 3. The number of hydrogen-bond acceptors (Lipinski definition) is 3. The molecule has 1 atom stereocenters.